The summed E-state index contributed by atoms with van der Waals surface area (Å²) >= 11 is 1.32. The van der Waals surface area contributed by atoms with Gasteiger partial charge in [0.25, 0.3) is 5.56 Å². The number of para-hydroxylation sites is 2. The SMILES string of the molecule is CC(=O)n1cnc(/C=c2/sc3nc4ccccc4n3c2=O)c1C. The molecule has 4 rings (SSSR count). The van der Waals surface area contributed by atoms with Crippen LogP contribution in [0.5, 0.6) is 0 Å². The zero-order valence-electron chi connectivity index (χ0n) is 12.5. The van der Waals surface area contributed by atoms with Crippen molar-refractivity contribution in [3.63, 3.8) is 0 Å². The van der Waals surface area contributed by atoms with Gasteiger partial charge < -0.3 is 0 Å². The van der Waals surface area contributed by atoms with Gasteiger partial charge in [-0.05, 0) is 25.1 Å². The molecule has 3 heterocycles. The Labute approximate surface area is 134 Å². The van der Waals surface area contributed by atoms with Gasteiger partial charge in [0.05, 0.1) is 21.3 Å². The van der Waals surface area contributed by atoms with E-state index in [1.165, 1.54) is 29.2 Å². The molecule has 0 aliphatic heterocycles. The lowest BCUT2D eigenvalue weighted by molar-refractivity contribution is 0.0934. The highest BCUT2D eigenvalue weighted by molar-refractivity contribution is 7.15. The van der Waals surface area contributed by atoms with E-state index < -0.39 is 0 Å². The van der Waals surface area contributed by atoms with Gasteiger partial charge >= 0.3 is 0 Å². The summed E-state index contributed by atoms with van der Waals surface area (Å²) in [5.74, 6) is -0.107. The Balaban J connectivity index is 1.98. The van der Waals surface area contributed by atoms with Crippen LogP contribution < -0.4 is 10.1 Å². The van der Waals surface area contributed by atoms with Gasteiger partial charge in [0.2, 0.25) is 5.91 Å². The minimum Gasteiger partial charge on any atom is -0.274 e. The van der Waals surface area contributed by atoms with Crippen molar-refractivity contribution < 1.29 is 4.79 Å². The lowest BCUT2D eigenvalue weighted by Gasteiger charge is -1.97. The molecular weight excluding hydrogens is 312 g/mol. The van der Waals surface area contributed by atoms with Crippen molar-refractivity contribution in [3.8, 4) is 0 Å². The molecule has 0 radical (unpaired) electrons. The first-order valence-corrected chi connectivity index (χ1v) is 7.84. The van der Waals surface area contributed by atoms with Crippen molar-refractivity contribution in [2.24, 2.45) is 0 Å². The fourth-order valence-electron chi connectivity index (χ4n) is 2.62. The second-order valence-electron chi connectivity index (χ2n) is 5.24. The number of thiazole rings is 1. The van der Waals surface area contributed by atoms with Gasteiger partial charge in [0, 0.05) is 12.6 Å². The lowest BCUT2D eigenvalue weighted by atomic mass is 10.3. The third-order valence-electron chi connectivity index (χ3n) is 3.80. The summed E-state index contributed by atoms with van der Waals surface area (Å²) in [5, 5.41) is 0. The number of rotatable bonds is 1. The number of carbonyl (C=O) groups excluding carboxylic acids is 1. The first-order valence-electron chi connectivity index (χ1n) is 7.03. The Kier molecular flexibility index (Phi) is 2.92. The quantitative estimate of drug-likeness (QED) is 0.533. The predicted molar refractivity (Wildman–Crippen MR) is 88.9 cm³/mol. The molecule has 1 aromatic carbocycles. The topological polar surface area (TPSA) is 69.3 Å². The Bertz CT molecular complexity index is 1180. The molecule has 0 amide bonds. The van der Waals surface area contributed by atoms with Crippen LogP contribution in [0.25, 0.3) is 22.1 Å². The molecule has 0 N–H and O–H groups in total. The largest absolute Gasteiger partial charge is 0.275 e. The molecule has 0 spiro atoms. The predicted octanol–water partition coefficient (Wildman–Crippen LogP) is 1.62. The number of imidazole rings is 2. The zero-order chi connectivity index (χ0) is 16.1. The summed E-state index contributed by atoms with van der Waals surface area (Å²) in [6, 6.07) is 7.55. The summed E-state index contributed by atoms with van der Waals surface area (Å²) in [4.78, 5) is 33.5. The number of aromatic nitrogens is 4. The van der Waals surface area contributed by atoms with Crippen LogP contribution in [-0.2, 0) is 0 Å². The second-order valence-corrected chi connectivity index (χ2v) is 6.25. The highest BCUT2D eigenvalue weighted by Gasteiger charge is 2.12. The van der Waals surface area contributed by atoms with Crippen LogP contribution in [-0.4, -0.2) is 24.8 Å². The Morgan fingerprint density at radius 2 is 2.09 bits per heavy atom. The molecule has 0 fully saturated rings. The van der Waals surface area contributed by atoms with Gasteiger partial charge in [-0.25, -0.2) is 14.4 Å². The molecule has 0 aliphatic rings. The number of hydrogen-bond acceptors (Lipinski definition) is 5. The van der Waals surface area contributed by atoms with E-state index in [2.05, 4.69) is 9.97 Å². The average Bonchev–Trinajstić information content (AvgIpc) is 3.15. The third-order valence-corrected chi connectivity index (χ3v) is 4.77. The maximum Gasteiger partial charge on any atom is 0.275 e. The molecule has 4 aromatic rings. The minimum atomic E-state index is -0.115. The van der Waals surface area contributed by atoms with E-state index in [0.29, 0.717) is 20.9 Å². The maximum atomic E-state index is 12.7. The van der Waals surface area contributed by atoms with Gasteiger partial charge in [-0.3, -0.25) is 14.2 Å². The molecule has 0 unspecified atom stereocenters. The van der Waals surface area contributed by atoms with Gasteiger partial charge in [0.15, 0.2) is 4.96 Å². The van der Waals surface area contributed by atoms with E-state index in [0.717, 1.165) is 11.0 Å². The standard InChI is InChI=1S/C16H12N4O2S/c1-9-12(17-8-19(9)10(2)21)7-14-15(22)20-13-6-4-3-5-11(13)18-16(20)23-14/h3-8H,1-2H3/b14-7+. The average molecular weight is 324 g/mol. The summed E-state index contributed by atoms with van der Waals surface area (Å²) in [7, 11) is 0. The van der Waals surface area contributed by atoms with E-state index in [-0.39, 0.29) is 11.5 Å². The summed E-state index contributed by atoms with van der Waals surface area (Å²) in [6.45, 7) is 3.28. The molecular formula is C16H12N4O2S. The minimum absolute atomic E-state index is 0.107. The molecule has 0 saturated heterocycles. The van der Waals surface area contributed by atoms with Crippen molar-refractivity contribution >= 4 is 39.3 Å². The van der Waals surface area contributed by atoms with Crippen LogP contribution in [0.4, 0.5) is 0 Å². The van der Waals surface area contributed by atoms with Crippen molar-refractivity contribution in [3.05, 3.63) is 56.9 Å². The molecule has 114 valence electrons. The first-order chi connectivity index (χ1) is 11.1. The molecule has 6 nitrogen and oxygen atoms in total. The molecule has 0 bridgehead atoms. The zero-order valence-corrected chi connectivity index (χ0v) is 13.3. The van der Waals surface area contributed by atoms with Crippen molar-refractivity contribution in [2.75, 3.05) is 0 Å². The molecule has 0 atom stereocenters. The van der Waals surface area contributed by atoms with Gasteiger partial charge in [-0.15, -0.1) is 0 Å². The summed E-state index contributed by atoms with van der Waals surface area (Å²) < 4.78 is 3.63. The van der Waals surface area contributed by atoms with Crippen molar-refractivity contribution in [1.82, 2.24) is 18.9 Å². The Hall–Kier alpha value is -2.80. The molecule has 0 saturated carbocycles. The fourth-order valence-corrected chi connectivity index (χ4v) is 3.58. The van der Waals surface area contributed by atoms with Crippen molar-refractivity contribution in [2.45, 2.75) is 13.8 Å². The fraction of sp³-hybridized carbons (Fsp3) is 0.125. The Morgan fingerprint density at radius 3 is 2.83 bits per heavy atom. The van der Waals surface area contributed by atoms with Crippen LogP contribution in [0.1, 0.15) is 23.1 Å². The van der Waals surface area contributed by atoms with Crippen LogP contribution in [0, 0.1) is 6.92 Å². The van der Waals surface area contributed by atoms with Crippen LogP contribution in [0.15, 0.2) is 35.4 Å². The van der Waals surface area contributed by atoms with Crippen LogP contribution in [0.3, 0.4) is 0 Å². The van der Waals surface area contributed by atoms with E-state index in [4.69, 9.17) is 0 Å². The van der Waals surface area contributed by atoms with Gasteiger partial charge in [0.1, 0.15) is 6.33 Å². The molecule has 7 heteroatoms. The van der Waals surface area contributed by atoms with Crippen molar-refractivity contribution in [1.29, 1.82) is 0 Å². The van der Waals surface area contributed by atoms with E-state index in [1.54, 1.807) is 17.4 Å². The summed E-state index contributed by atoms with van der Waals surface area (Å²) in [5.41, 5.74) is 2.82. The van der Waals surface area contributed by atoms with Gasteiger partial charge in [-0.2, -0.15) is 0 Å². The number of nitrogens with zero attached hydrogens (tertiary/aromatic N) is 4. The first kappa shape index (κ1) is 13.8. The summed E-state index contributed by atoms with van der Waals surface area (Å²) in [6.07, 6.45) is 3.19. The van der Waals surface area contributed by atoms with E-state index in [9.17, 15) is 9.59 Å². The highest BCUT2D eigenvalue weighted by Crippen LogP contribution is 2.15. The molecule has 0 aliphatic carbocycles. The monoisotopic (exact) mass is 324 g/mol. The maximum absolute atomic E-state index is 12.7. The number of hydrogen-bond donors (Lipinski definition) is 0. The van der Waals surface area contributed by atoms with E-state index >= 15 is 0 Å². The van der Waals surface area contributed by atoms with Crippen LogP contribution in [0.2, 0.25) is 0 Å². The normalized spacial score (nSPS) is 12.5. The second kappa shape index (κ2) is 4.85. The number of carbonyl (C=O) groups is 1. The molecule has 3 aromatic heterocycles. The molecule has 23 heavy (non-hydrogen) atoms. The smallest absolute Gasteiger partial charge is 0.274 e. The lowest BCUT2D eigenvalue weighted by Crippen LogP contribution is -2.22. The van der Waals surface area contributed by atoms with Gasteiger partial charge in [-0.1, -0.05) is 23.5 Å². The third kappa shape index (κ3) is 2.01. The highest BCUT2D eigenvalue weighted by atomic mass is 32.1. The van der Waals surface area contributed by atoms with E-state index in [1.807, 2.05) is 24.3 Å². The number of benzene rings is 1. The van der Waals surface area contributed by atoms with Crippen LogP contribution >= 0.6 is 11.3 Å². The Morgan fingerprint density at radius 1 is 1.30 bits per heavy atom. The number of fused-ring (bicyclic) bond motifs is 3.